The predicted molar refractivity (Wildman–Crippen MR) is 75.9 cm³/mol. The number of benzene rings is 2. The molecule has 0 radical (unpaired) electrons. The van der Waals surface area contributed by atoms with Crippen molar-refractivity contribution in [1.29, 1.82) is 0 Å². The first-order valence-corrected chi connectivity index (χ1v) is 6.72. The summed E-state index contributed by atoms with van der Waals surface area (Å²) < 4.78 is 0. The van der Waals surface area contributed by atoms with Crippen LogP contribution in [0.4, 0.5) is 5.69 Å². The lowest BCUT2D eigenvalue weighted by atomic mass is 10.0. The highest BCUT2D eigenvalue weighted by Crippen LogP contribution is 2.27. The number of anilines is 1. The van der Waals surface area contributed by atoms with E-state index in [4.69, 9.17) is 0 Å². The molecule has 1 saturated carbocycles. The van der Waals surface area contributed by atoms with Crippen molar-refractivity contribution >= 4 is 22.4 Å². The molecule has 3 nitrogen and oxygen atoms in total. The zero-order valence-electron chi connectivity index (χ0n) is 10.7. The summed E-state index contributed by atoms with van der Waals surface area (Å²) in [6, 6.07) is 13.9. The number of hydrogen-bond acceptors (Lipinski definition) is 2. The molecule has 2 N–H and O–H groups in total. The number of aliphatic hydroxyl groups is 1. The van der Waals surface area contributed by atoms with E-state index in [2.05, 4.69) is 5.32 Å². The summed E-state index contributed by atoms with van der Waals surface area (Å²) in [6.45, 7) is 0. The molecular formula is C16H17NO2. The van der Waals surface area contributed by atoms with Crippen LogP contribution in [0.2, 0.25) is 0 Å². The van der Waals surface area contributed by atoms with Gasteiger partial charge in [-0.1, -0.05) is 30.3 Å². The first kappa shape index (κ1) is 12.2. The summed E-state index contributed by atoms with van der Waals surface area (Å²) in [7, 11) is 0. The Labute approximate surface area is 112 Å². The van der Waals surface area contributed by atoms with Gasteiger partial charge in [0.1, 0.15) is 0 Å². The normalized spacial score (nSPS) is 22.6. The summed E-state index contributed by atoms with van der Waals surface area (Å²) in [5.41, 5.74) is 0.794. The Morgan fingerprint density at radius 3 is 2.63 bits per heavy atom. The zero-order valence-corrected chi connectivity index (χ0v) is 10.7. The molecule has 98 valence electrons. The lowest BCUT2D eigenvalue weighted by Crippen LogP contribution is -2.28. The standard InChI is InChI=1S/C16H17NO2/c18-15-7-3-6-14(15)16(19)17-13-9-8-11-4-1-2-5-12(11)10-13/h1-2,4-5,8-10,14-15,18H,3,6-7H2,(H,17,19). The van der Waals surface area contributed by atoms with Crippen LogP contribution in [0.3, 0.4) is 0 Å². The Hall–Kier alpha value is -1.87. The molecule has 0 aromatic heterocycles. The molecule has 0 heterocycles. The van der Waals surface area contributed by atoms with E-state index in [0.29, 0.717) is 0 Å². The highest BCUT2D eigenvalue weighted by Gasteiger charge is 2.31. The fourth-order valence-electron chi connectivity index (χ4n) is 2.75. The number of aliphatic hydroxyl groups excluding tert-OH is 1. The van der Waals surface area contributed by atoms with E-state index in [-0.39, 0.29) is 11.8 Å². The lowest BCUT2D eigenvalue weighted by molar-refractivity contribution is -0.122. The number of carbonyl (C=O) groups excluding carboxylic acids is 1. The Balaban J connectivity index is 1.79. The summed E-state index contributed by atoms with van der Waals surface area (Å²) in [5.74, 6) is -0.327. The van der Waals surface area contributed by atoms with Crippen molar-refractivity contribution in [3.63, 3.8) is 0 Å². The maximum Gasteiger partial charge on any atom is 0.230 e. The third-order valence-corrected chi connectivity index (χ3v) is 3.83. The van der Waals surface area contributed by atoms with Gasteiger partial charge in [-0.15, -0.1) is 0 Å². The smallest absolute Gasteiger partial charge is 0.230 e. The highest BCUT2D eigenvalue weighted by atomic mass is 16.3. The Kier molecular flexibility index (Phi) is 3.22. The van der Waals surface area contributed by atoms with E-state index in [1.165, 1.54) is 0 Å². The average Bonchev–Trinajstić information content (AvgIpc) is 2.85. The van der Waals surface area contributed by atoms with Crippen molar-refractivity contribution in [2.24, 2.45) is 5.92 Å². The van der Waals surface area contributed by atoms with Gasteiger partial charge in [0.05, 0.1) is 12.0 Å². The first-order valence-electron chi connectivity index (χ1n) is 6.72. The average molecular weight is 255 g/mol. The predicted octanol–water partition coefficient (Wildman–Crippen LogP) is 2.94. The van der Waals surface area contributed by atoms with Crippen molar-refractivity contribution in [1.82, 2.24) is 0 Å². The van der Waals surface area contributed by atoms with Crippen molar-refractivity contribution < 1.29 is 9.90 Å². The van der Waals surface area contributed by atoms with Crippen LogP contribution in [-0.2, 0) is 4.79 Å². The van der Waals surface area contributed by atoms with Crippen LogP contribution in [0, 0.1) is 5.92 Å². The van der Waals surface area contributed by atoms with E-state index in [1.807, 2.05) is 42.5 Å². The van der Waals surface area contributed by atoms with Gasteiger partial charge in [0, 0.05) is 5.69 Å². The lowest BCUT2D eigenvalue weighted by Gasteiger charge is -2.14. The second kappa shape index (κ2) is 5.02. The number of carbonyl (C=O) groups is 1. The van der Waals surface area contributed by atoms with Gasteiger partial charge in [-0.05, 0) is 42.2 Å². The summed E-state index contributed by atoms with van der Waals surface area (Å²) >= 11 is 0. The van der Waals surface area contributed by atoms with E-state index >= 15 is 0 Å². The second-order valence-electron chi connectivity index (χ2n) is 5.16. The van der Waals surface area contributed by atoms with Gasteiger partial charge in [0.25, 0.3) is 0 Å². The molecular weight excluding hydrogens is 238 g/mol. The van der Waals surface area contributed by atoms with Crippen molar-refractivity contribution in [2.45, 2.75) is 25.4 Å². The fourth-order valence-corrected chi connectivity index (χ4v) is 2.75. The molecule has 3 rings (SSSR count). The van der Waals surface area contributed by atoms with Crippen LogP contribution < -0.4 is 5.32 Å². The minimum Gasteiger partial charge on any atom is -0.392 e. The van der Waals surface area contributed by atoms with Crippen LogP contribution in [0.25, 0.3) is 10.8 Å². The van der Waals surface area contributed by atoms with E-state index in [1.54, 1.807) is 0 Å². The maximum atomic E-state index is 12.1. The molecule has 2 aromatic rings. The highest BCUT2D eigenvalue weighted by molar-refractivity contribution is 5.96. The third kappa shape index (κ3) is 2.47. The summed E-state index contributed by atoms with van der Waals surface area (Å²) in [4.78, 5) is 12.1. The molecule has 0 aliphatic heterocycles. The van der Waals surface area contributed by atoms with Gasteiger partial charge < -0.3 is 10.4 Å². The van der Waals surface area contributed by atoms with Crippen LogP contribution in [-0.4, -0.2) is 17.1 Å². The minimum absolute atomic E-state index is 0.0692. The Morgan fingerprint density at radius 1 is 1.11 bits per heavy atom. The fraction of sp³-hybridized carbons (Fsp3) is 0.312. The van der Waals surface area contributed by atoms with E-state index in [0.717, 1.165) is 35.7 Å². The second-order valence-corrected chi connectivity index (χ2v) is 5.16. The number of amides is 1. The minimum atomic E-state index is -0.486. The van der Waals surface area contributed by atoms with Gasteiger partial charge >= 0.3 is 0 Å². The van der Waals surface area contributed by atoms with Gasteiger partial charge in [0.15, 0.2) is 0 Å². The van der Waals surface area contributed by atoms with Gasteiger partial charge in [-0.25, -0.2) is 0 Å². The maximum absolute atomic E-state index is 12.1. The Morgan fingerprint density at radius 2 is 1.89 bits per heavy atom. The largest absolute Gasteiger partial charge is 0.392 e. The molecule has 3 heteroatoms. The quantitative estimate of drug-likeness (QED) is 0.866. The molecule has 19 heavy (non-hydrogen) atoms. The first-order chi connectivity index (χ1) is 9.24. The molecule has 0 bridgehead atoms. The molecule has 2 unspecified atom stereocenters. The molecule has 0 saturated heterocycles. The van der Waals surface area contributed by atoms with E-state index < -0.39 is 6.10 Å². The SMILES string of the molecule is O=C(Nc1ccc2ccccc2c1)C1CCCC1O. The van der Waals surface area contributed by atoms with Gasteiger partial charge in [-0.3, -0.25) is 4.79 Å². The van der Waals surface area contributed by atoms with Crippen molar-refractivity contribution in [2.75, 3.05) is 5.32 Å². The number of fused-ring (bicyclic) bond motifs is 1. The summed E-state index contributed by atoms with van der Waals surface area (Å²) in [6.07, 6.45) is 1.95. The molecule has 2 aromatic carbocycles. The molecule has 1 aliphatic rings. The van der Waals surface area contributed by atoms with Gasteiger partial charge in [0.2, 0.25) is 5.91 Å². The molecule has 2 atom stereocenters. The van der Waals surface area contributed by atoms with Gasteiger partial charge in [-0.2, -0.15) is 0 Å². The van der Waals surface area contributed by atoms with Crippen LogP contribution in [0.1, 0.15) is 19.3 Å². The molecule has 1 fully saturated rings. The Bertz CT molecular complexity index is 608. The van der Waals surface area contributed by atoms with Crippen LogP contribution in [0.5, 0.6) is 0 Å². The molecule has 1 aliphatic carbocycles. The number of nitrogens with one attached hydrogen (secondary N) is 1. The monoisotopic (exact) mass is 255 g/mol. The topological polar surface area (TPSA) is 49.3 Å². The van der Waals surface area contributed by atoms with Crippen LogP contribution >= 0.6 is 0 Å². The summed E-state index contributed by atoms with van der Waals surface area (Å²) in [5, 5.41) is 14.9. The number of rotatable bonds is 2. The number of hydrogen-bond donors (Lipinski definition) is 2. The van der Waals surface area contributed by atoms with Crippen LogP contribution in [0.15, 0.2) is 42.5 Å². The van der Waals surface area contributed by atoms with E-state index in [9.17, 15) is 9.90 Å². The van der Waals surface area contributed by atoms with Crippen molar-refractivity contribution in [3.8, 4) is 0 Å². The third-order valence-electron chi connectivity index (χ3n) is 3.83. The zero-order chi connectivity index (χ0) is 13.2. The van der Waals surface area contributed by atoms with Crippen molar-refractivity contribution in [3.05, 3.63) is 42.5 Å². The molecule has 1 amide bonds. The molecule has 0 spiro atoms.